The Kier molecular flexibility index (Phi) is 4.42. The Morgan fingerprint density at radius 3 is 2.61 bits per heavy atom. The second kappa shape index (κ2) is 6.49. The zero-order valence-electron chi connectivity index (χ0n) is 12.3. The van der Waals surface area contributed by atoms with E-state index in [0.717, 1.165) is 30.0 Å². The molecule has 2 amide bonds. The molecule has 0 aliphatic heterocycles. The van der Waals surface area contributed by atoms with Gasteiger partial charge in [0.2, 0.25) is 0 Å². The Morgan fingerprint density at radius 2 is 2.09 bits per heavy atom. The van der Waals surface area contributed by atoms with Gasteiger partial charge in [-0.2, -0.15) is 0 Å². The maximum atomic E-state index is 13.6. The fraction of sp³-hybridized carbons (Fsp3) is 0.333. The minimum atomic E-state index is -0.874. The molecule has 1 fully saturated rings. The van der Waals surface area contributed by atoms with Crippen molar-refractivity contribution in [2.45, 2.75) is 18.9 Å². The highest BCUT2D eigenvalue weighted by Gasteiger charge is 2.35. The molecule has 1 heterocycles. The van der Waals surface area contributed by atoms with Crippen LogP contribution in [0.15, 0.2) is 23.7 Å². The van der Waals surface area contributed by atoms with Crippen LogP contribution in [0.5, 0.6) is 5.75 Å². The predicted octanol–water partition coefficient (Wildman–Crippen LogP) is 3.70. The van der Waals surface area contributed by atoms with E-state index in [1.54, 1.807) is 6.20 Å². The minimum Gasteiger partial charge on any atom is -0.491 e. The summed E-state index contributed by atoms with van der Waals surface area (Å²) in [7, 11) is 1.18. The number of urea groups is 1. The standard InChI is InChI=1S/C15H15F2N3O2S/c1-22-13-10(16)6-9(7-11(13)17)19-15(21)20-12(8-2-3-8)14-18-4-5-23-14/h4-8,12H,2-3H2,1H3,(H2,19,20,21). The summed E-state index contributed by atoms with van der Waals surface area (Å²) in [6, 6.07) is 1.32. The van der Waals surface area contributed by atoms with Gasteiger partial charge in [0.15, 0.2) is 17.4 Å². The molecule has 1 aliphatic carbocycles. The van der Waals surface area contributed by atoms with Gasteiger partial charge in [0.1, 0.15) is 5.01 Å². The number of anilines is 1. The Bertz CT molecular complexity index is 682. The van der Waals surface area contributed by atoms with Gasteiger partial charge in [0.25, 0.3) is 0 Å². The van der Waals surface area contributed by atoms with Gasteiger partial charge in [0, 0.05) is 29.4 Å². The highest BCUT2D eigenvalue weighted by molar-refractivity contribution is 7.09. The molecule has 2 aromatic rings. The summed E-state index contributed by atoms with van der Waals surface area (Å²) in [6.07, 6.45) is 3.73. The van der Waals surface area contributed by atoms with E-state index in [1.165, 1.54) is 18.4 Å². The van der Waals surface area contributed by atoms with Crippen LogP contribution in [0.1, 0.15) is 23.9 Å². The normalized spacial score (nSPS) is 15.1. The van der Waals surface area contributed by atoms with Crippen LogP contribution in [0.25, 0.3) is 0 Å². The molecule has 2 N–H and O–H groups in total. The molecule has 0 bridgehead atoms. The van der Waals surface area contributed by atoms with E-state index in [0.29, 0.717) is 5.92 Å². The number of amides is 2. The van der Waals surface area contributed by atoms with Gasteiger partial charge in [-0.05, 0) is 18.8 Å². The molecule has 23 heavy (non-hydrogen) atoms. The van der Waals surface area contributed by atoms with Crippen molar-refractivity contribution in [3.05, 3.63) is 40.4 Å². The van der Waals surface area contributed by atoms with Gasteiger partial charge in [-0.3, -0.25) is 0 Å². The first-order valence-corrected chi connectivity index (χ1v) is 7.96. The molecule has 8 heteroatoms. The van der Waals surface area contributed by atoms with Crippen molar-refractivity contribution in [2.24, 2.45) is 5.92 Å². The number of halogens is 2. The first kappa shape index (κ1) is 15.7. The van der Waals surface area contributed by atoms with Gasteiger partial charge in [-0.15, -0.1) is 11.3 Å². The maximum Gasteiger partial charge on any atom is 0.319 e. The van der Waals surface area contributed by atoms with E-state index in [1.807, 2.05) is 5.38 Å². The second-order valence-corrected chi connectivity index (χ2v) is 6.18. The van der Waals surface area contributed by atoms with Crippen molar-refractivity contribution in [2.75, 3.05) is 12.4 Å². The summed E-state index contributed by atoms with van der Waals surface area (Å²) in [5.41, 5.74) is 0.0204. The van der Waals surface area contributed by atoms with Crippen molar-refractivity contribution in [3.8, 4) is 5.75 Å². The number of ether oxygens (including phenoxy) is 1. The van der Waals surface area contributed by atoms with Gasteiger partial charge in [0.05, 0.1) is 13.2 Å². The summed E-state index contributed by atoms with van der Waals surface area (Å²) in [4.78, 5) is 16.3. The average molecular weight is 339 g/mol. The number of carbonyl (C=O) groups is 1. The SMILES string of the molecule is COc1c(F)cc(NC(=O)NC(c2nccs2)C2CC2)cc1F. The molecule has 1 aliphatic rings. The van der Waals surface area contributed by atoms with E-state index in [-0.39, 0.29) is 11.7 Å². The number of nitrogens with zero attached hydrogens (tertiary/aromatic N) is 1. The third-order valence-electron chi connectivity index (χ3n) is 3.56. The first-order valence-electron chi connectivity index (χ1n) is 7.08. The van der Waals surface area contributed by atoms with Crippen LogP contribution in [0.2, 0.25) is 0 Å². The molecular formula is C15H15F2N3O2S. The minimum absolute atomic E-state index is 0.0204. The molecule has 1 saturated carbocycles. The van der Waals surface area contributed by atoms with Crippen molar-refractivity contribution in [1.82, 2.24) is 10.3 Å². The number of carbonyl (C=O) groups excluding carboxylic acids is 1. The zero-order valence-corrected chi connectivity index (χ0v) is 13.1. The summed E-state index contributed by atoms with van der Waals surface area (Å²) >= 11 is 1.47. The zero-order chi connectivity index (χ0) is 16.4. The Morgan fingerprint density at radius 1 is 1.39 bits per heavy atom. The number of rotatable bonds is 5. The van der Waals surface area contributed by atoms with E-state index >= 15 is 0 Å². The topological polar surface area (TPSA) is 63.2 Å². The summed E-state index contributed by atoms with van der Waals surface area (Å²) in [5, 5.41) is 7.93. The van der Waals surface area contributed by atoms with E-state index < -0.39 is 23.4 Å². The van der Waals surface area contributed by atoms with Crippen LogP contribution in [0.4, 0.5) is 19.3 Å². The van der Waals surface area contributed by atoms with Crippen molar-refractivity contribution < 1.29 is 18.3 Å². The predicted molar refractivity (Wildman–Crippen MR) is 82.6 cm³/mol. The lowest BCUT2D eigenvalue weighted by Crippen LogP contribution is -2.33. The van der Waals surface area contributed by atoms with Crippen LogP contribution in [-0.2, 0) is 0 Å². The third kappa shape index (κ3) is 3.58. The quantitative estimate of drug-likeness (QED) is 0.873. The van der Waals surface area contributed by atoms with Crippen molar-refractivity contribution in [1.29, 1.82) is 0 Å². The number of nitrogens with one attached hydrogen (secondary N) is 2. The Balaban J connectivity index is 1.69. The molecule has 1 aromatic heterocycles. The Hall–Kier alpha value is -2.22. The number of benzene rings is 1. The molecule has 1 aromatic carbocycles. The monoisotopic (exact) mass is 339 g/mol. The van der Waals surface area contributed by atoms with Crippen LogP contribution in [0.3, 0.4) is 0 Å². The van der Waals surface area contributed by atoms with Gasteiger partial charge in [-0.1, -0.05) is 0 Å². The largest absolute Gasteiger partial charge is 0.491 e. The molecule has 1 unspecified atom stereocenters. The van der Waals surface area contributed by atoms with Crippen molar-refractivity contribution >= 4 is 23.1 Å². The molecular weight excluding hydrogens is 324 g/mol. The number of aromatic nitrogens is 1. The third-order valence-corrected chi connectivity index (χ3v) is 4.42. The smallest absolute Gasteiger partial charge is 0.319 e. The molecule has 5 nitrogen and oxygen atoms in total. The van der Waals surface area contributed by atoms with Crippen LogP contribution >= 0.6 is 11.3 Å². The highest BCUT2D eigenvalue weighted by Crippen LogP contribution is 2.41. The fourth-order valence-electron chi connectivity index (χ4n) is 2.33. The molecule has 0 saturated heterocycles. The molecule has 0 spiro atoms. The maximum absolute atomic E-state index is 13.6. The van der Waals surface area contributed by atoms with Crippen LogP contribution in [-0.4, -0.2) is 18.1 Å². The van der Waals surface area contributed by atoms with Gasteiger partial charge < -0.3 is 15.4 Å². The van der Waals surface area contributed by atoms with Crippen molar-refractivity contribution in [3.63, 3.8) is 0 Å². The summed E-state index contributed by atoms with van der Waals surface area (Å²) < 4.78 is 31.9. The molecule has 0 radical (unpaired) electrons. The van der Waals surface area contributed by atoms with Crippen LogP contribution < -0.4 is 15.4 Å². The lowest BCUT2D eigenvalue weighted by atomic mass is 10.2. The summed E-state index contributed by atoms with van der Waals surface area (Å²) in [5.74, 6) is -1.87. The molecule has 3 rings (SSSR count). The van der Waals surface area contributed by atoms with E-state index in [4.69, 9.17) is 0 Å². The van der Waals surface area contributed by atoms with E-state index in [2.05, 4.69) is 20.4 Å². The lowest BCUT2D eigenvalue weighted by Gasteiger charge is -2.16. The second-order valence-electron chi connectivity index (χ2n) is 5.26. The fourth-order valence-corrected chi connectivity index (χ4v) is 3.12. The molecule has 1 atom stereocenters. The van der Waals surface area contributed by atoms with Gasteiger partial charge in [-0.25, -0.2) is 18.6 Å². The first-order chi connectivity index (χ1) is 11.1. The number of hydrogen-bond acceptors (Lipinski definition) is 4. The number of hydrogen-bond donors (Lipinski definition) is 2. The average Bonchev–Trinajstić information content (AvgIpc) is 3.19. The number of methoxy groups -OCH3 is 1. The lowest BCUT2D eigenvalue weighted by molar-refractivity contribution is 0.247. The summed E-state index contributed by atoms with van der Waals surface area (Å²) in [6.45, 7) is 0. The van der Waals surface area contributed by atoms with Crippen LogP contribution in [0, 0.1) is 17.6 Å². The number of thiazole rings is 1. The molecule has 122 valence electrons. The highest BCUT2D eigenvalue weighted by atomic mass is 32.1. The Labute approximate surface area is 135 Å². The van der Waals surface area contributed by atoms with E-state index in [9.17, 15) is 13.6 Å². The van der Waals surface area contributed by atoms with Gasteiger partial charge >= 0.3 is 6.03 Å².